The number of allylic oxidation sites excluding steroid dienone is 3. The predicted octanol–water partition coefficient (Wildman–Crippen LogP) is 4.44. The molecule has 0 amide bonds. The lowest BCUT2D eigenvalue weighted by Gasteiger charge is -2.39. The van der Waals surface area contributed by atoms with E-state index in [0.717, 1.165) is 23.4 Å². The largest absolute Gasteiger partial charge is 0.384 e. The van der Waals surface area contributed by atoms with E-state index in [1.54, 1.807) is 12.1 Å². The molecule has 4 rings (SSSR count). The van der Waals surface area contributed by atoms with Crippen LogP contribution in [0.3, 0.4) is 0 Å². The van der Waals surface area contributed by atoms with Crippen LogP contribution in [0.25, 0.3) is 0 Å². The van der Waals surface area contributed by atoms with Crippen LogP contribution in [0, 0.1) is 24.1 Å². The molecule has 1 heterocycles. The second-order valence-corrected chi connectivity index (χ2v) is 7.20. The summed E-state index contributed by atoms with van der Waals surface area (Å²) >= 11 is 0. The molecule has 0 saturated heterocycles. The molecule has 1 aliphatic heterocycles. The number of ketones is 1. The molecule has 2 aromatic rings. The molecule has 0 spiro atoms. The fourth-order valence-corrected chi connectivity index (χ4v) is 4.06. The quantitative estimate of drug-likeness (QED) is 0.845. The molecule has 2 aromatic carbocycles. The van der Waals surface area contributed by atoms with E-state index in [1.165, 1.54) is 12.1 Å². The van der Waals surface area contributed by atoms with Crippen LogP contribution in [-0.4, -0.2) is 5.78 Å². The van der Waals surface area contributed by atoms with E-state index in [4.69, 9.17) is 5.73 Å². The van der Waals surface area contributed by atoms with Crippen molar-refractivity contribution in [2.45, 2.75) is 32.1 Å². The van der Waals surface area contributed by atoms with Gasteiger partial charge in [-0.1, -0.05) is 29.8 Å². The number of nitriles is 1. The van der Waals surface area contributed by atoms with E-state index in [2.05, 4.69) is 6.07 Å². The number of anilines is 1. The molecular weight excluding hydrogens is 353 g/mol. The first-order valence-electron chi connectivity index (χ1n) is 9.29. The molecule has 4 nitrogen and oxygen atoms in total. The van der Waals surface area contributed by atoms with Crippen LogP contribution in [0.1, 0.15) is 36.3 Å². The normalized spacial score (nSPS) is 19.5. The molecule has 0 unspecified atom stereocenters. The van der Waals surface area contributed by atoms with Crippen molar-refractivity contribution in [3.63, 3.8) is 0 Å². The summed E-state index contributed by atoms with van der Waals surface area (Å²) in [5.41, 5.74) is 10.9. The molecule has 5 heteroatoms. The number of halogens is 1. The van der Waals surface area contributed by atoms with Crippen LogP contribution in [0.2, 0.25) is 0 Å². The van der Waals surface area contributed by atoms with Gasteiger partial charge < -0.3 is 5.73 Å². The maximum atomic E-state index is 13.4. The zero-order valence-electron chi connectivity index (χ0n) is 15.6. The molecule has 1 atom stereocenters. The van der Waals surface area contributed by atoms with Crippen molar-refractivity contribution < 1.29 is 9.18 Å². The first kappa shape index (κ1) is 18.0. The Labute approximate surface area is 163 Å². The van der Waals surface area contributed by atoms with Crippen molar-refractivity contribution >= 4 is 11.5 Å². The molecule has 0 bridgehead atoms. The molecule has 28 heavy (non-hydrogen) atoms. The Hall–Kier alpha value is -3.39. The Morgan fingerprint density at radius 2 is 1.79 bits per heavy atom. The number of aryl methyl sites for hydroxylation is 1. The first-order valence-corrected chi connectivity index (χ1v) is 9.29. The number of benzene rings is 2. The SMILES string of the molecule is Cc1ccc(N2C(N)=C(C#N)[C@H](c3ccc(F)cc3)C3=C2CCCC3=O)cc1. The zero-order chi connectivity index (χ0) is 19.8. The van der Waals surface area contributed by atoms with Crippen LogP contribution in [0.4, 0.5) is 10.1 Å². The number of nitrogens with two attached hydrogens (primary N) is 1. The van der Waals surface area contributed by atoms with Crippen molar-refractivity contribution in [2.75, 3.05) is 4.90 Å². The highest BCUT2D eigenvalue weighted by molar-refractivity contribution is 6.01. The van der Waals surface area contributed by atoms with Gasteiger partial charge >= 0.3 is 0 Å². The topological polar surface area (TPSA) is 70.1 Å². The van der Waals surface area contributed by atoms with Crippen LogP contribution in [0.15, 0.2) is 71.2 Å². The minimum atomic E-state index is -0.560. The Morgan fingerprint density at radius 1 is 1.11 bits per heavy atom. The molecule has 140 valence electrons. The van der Waals surface area contributed by atoms with E-state index in [1.807, 2.05) is 36.1 Å². The van der Waals surface area contributed by atoms with Crippen molar-refractivity contribution in [2.24, 2.45) is 5.73 Å². The fourth-order valence-electron chi connectivity index (χ4n) is 4.06. The Morgan fingerprint density at radius 3 is 2.43 bits per heavy atom. The van der Waals surface area contributed by atoms with Gasteiger partial charge in [-0.15, -0.1) is 0 Å². The van der Waals surface area contributed by atoms with Gasteiger partial charge in [0.1, 0.15) is 11.6 Å². The molecule has 2 N–H and O–H groups in total. The molecule has 0 aromatic heterocycles. The monoisotopic (exact) mass is 373 g/mol. The van der Waals surface area contributed by atoms with Crippen LogP contribution >= 0.6 is 0 Å². The standard InChI is InChI=1S/C23H20FN3O/c1-14-5-11-17(12-6-14)27-19-3-2-4-20(28)22(19)21(18(13-25)23(27)26)15-7-9-16(24)10-8-15/h5-12,21H,2-4,26H2,1H3/t21-/m0/s1. The average molecular weight is 373 g/mol. The maximum absolute atomic E-state index is 13.4. The molecular formula is C23H20FN3O. The van der Waals surface area contributed by atoms with Gasteiger partial charge in [0.05, 0.1) is 17.6 Å². The van der Waals surface area contributed by atoms with E-state index < -0.39 is 5.92 Å². The molecule has 0 radical (unpaired) electrons. The summed E-state index contributed by atoms with van der Waals surface area (Å²) in [4.78, 5) is 14.8. The number of hydrogen-bond acceptors (Lipinski definition) is 4. The highest BCUT2D eigenvalue weighted by Crippen LogP contribution is 2.46. The van der Waals surface area contributed by atoms with Crippen molar-refractivity contribution in [1.29, 1.82) is 5.26 Å². The lowest BCUT2D eigenvalue weighted by molar-refractivity contribution is -0.116. The molecule has 2 aliphatic rings. The minimum Gasteiger partial charge on any atom is -0.384 e. The van der Waals surface area contributed by atoms with E-state index in [0.29, 0.717) is 35.4 Å². The predicted molar refractivity (Wildman–Crippen MR) is 106 cm³/mol. The van der Waals surface area contributed by atoms with Crippen molar-refractivity contribution in [1.82, 2.24) is 0 Å². The van der Waals surface area contributed by atoms with Crippen molar-refractivity contribution in [3.05, 3.63) is 88.1 Å². The van der Waals surface area contributed by atoms with Crippen LogP contribution in [-0.2, 0) is 4.79 Å². The van der Waals surface area contributed by atoms with E-state index >= 15 is 0 Å². The Bertz CT molecular complexity index is 1040. The van der Waals surface area contributed by atoms with Crippen molar-refractivity contribution in [3.8, 4) is 6.07 Å². The lowest BCUT2D eigenvalue weighted by Crippen LogP contribution is -2.38. The molecule has 0 fully saturated rings. The summed E-state index contributed by atoms with van der Waals surface area (Å²) in [6.45, 7) is 2.00. The van der Waals surface area contributed by atoms with Gasteiger partial charge in [0.2, 0.25) is 0 Å². The van der Waals surface area contributed by atoms with Gasteiger partial charge in [-0.3, -0.25) is 9.69 Å². The van der Waals surface area contributed by atoms with Gasteiger partial charge in [0.25, 0.3) is 0 Å². The summed E-state index contributed by atoms with van der Waals surface area (Å²) in [5, 5.41) is 9.91. The molecule has 0 saturated carbocycles. The maximum Gasteiger partial charge on any atom is 0.161 e. The first-order chi connectivity index (χ1) is 13.5. The fraction of sp³-hybridized carbons (Fsp3) is 0.217. The van der Waals surface area contributed by atoms with Gasteiger partial charge in [-0.2, -0.15) is 5.26 Å². The summed E-state index contributed by atoms with van der Waals surface area (Å²) in [6.07, 6.45) is 1.88. The average Bonchev–Trinajstić information content (AvgIpc) is 2.69. The lowest BCUT2D eigenvalue weighted by atomic mass is 9.75. The number of carbonyl (C=O) groups excluding carboxylic acids is 1. The Balaban J connectivity index is 1.95. The summed E-state index contributed by atoms with van der Waals surface area (Å²) < 4.78 is 13.4. The van der Waals surface area contributed by atoms with Gasteiger partial charge in [-0.05, 0) is 49.6 Å². The third kappa shape index (κ3) is 2.87. The van der Waals surface area contributed by atoms with Gasteiger partial charge in [0, 0.05) is 23.4 Å². The number of rotatable bonds is 2. The van der Waals surface area contributed by atoms with Gasteiger partial charge in [-0.25, -0.2) is 4.39 Å². The summed E-state index contributed by atoms with van der Waals surface area (Å²) in [7, 11) is 0. The molecule has 1 aliphatic carbocycles. The highest BCUT2D eigenvalue weighted by Gasteiger charge is 2.40. The smallest absolute Gasteiger partial charge is 0.161 e. The highest BCUT2D eigenvalue weighted by atomic mass is 19.1. The van der Waals surface area contributed by atoms with Crippen LogP contribution < -0.4 is 10.6 Å². The second kappa shape index (κ2) is 6.97. The third-order valence-electron chi connectivity index (χ3n) is 5.41. The number of nitrogens with zero attached hydrogens (tertiary/aromatic N) is 2. The van der Waals surface area contributed by atoms with Crippen LogP contribution in [0.5, 0.6) is 0 Å². The second-order valence-electron chi connectivity index (χ2n) is 7.20. The van der Waals surface area contributed by atoms with Gasteiger partial charge in [0.15, 0.2) is 5.78 Å². The third-order valence-corrected chi connectivity index (χ3v) is 5.41. The van der Waals surface area contributed by atoms with E-state index in [-0.39, 0.29) is 11.6 Å². The number of Topliss-reactive ketones (excluding diaryl/α,β-unsaturated/α-hetero) is 1. The summed E-state index contributed by atoms with van der Waals surface area (Å²) in [6, 6.07) is 16.0. The Kier molecular flexibility index (Phi) is 4.48. The van der Waals surface area contributed by atoms with E-state index in [9.17, 15) is 14.4 Å². The minimum absolute atomic E-state index is 0.0212. The number of hydrogen-bond donors (Lipinski definition) is 1. The number of carbonyl (C=O) groups is 1. The summed E-state index contributed by atoms with van der Waals surface area (Å²) in [5.74, 6) is -0.572. The zero-order valence-corrected chi connectivity index (χ0v) is 15.6.